The number of H-pyrrole nitrogens is 2. The van der Waals surface area contributed by atoms with Crippen LogP contribution in [0.3, 0.4) is 0 Å². The number of rotatable bonds is 0. The zero-order valence-corrected chi connectivity index (χ0v) is 5.08. The van der Waals surface area contributed by atoms with Crippen LogP contribution in [0.4, 0.5) is 5.82 Å². The maximum Gasteiger partial charge on any atom is 0.293 e. The minimum absolute atomic E-state index is 0.725. The van der Waals surface area contributed by atoms with Crippen molar-refractivity contribution in [3.8, 4) is 0 Å². The van der Waals surface area contributed by atoms with Crippen LogP contribution >= 0.6 is 0 Å². The second-order valence-electron chi connectivity index (χ2n) is 1.91. The van der Waals surface area contributed by atoms with Gasteiger partial charge in [0, 0.05) is 0 Å². The van der Waals surface area contributed by atoms with Crippen molar-refractivity contribution in [1.29, 1.82) is 0 Å². The predicted octanol–water partition coefficient (Wildman–Crippen LogP) is 0.0278. The first-order chi connectivity index (χ1) is 3.72. The number of nitrogens with one attached hydrogen (secondary N) is 2. The molecule has 0 aliphatic heterocycles. The summed E-state index contributed by atoms with van der Waals surface area (Å²) in [4.78, 5) is 0. The highest BCUT2D eigenvalue weighted by molar-refractivity contribution is 5.34. The van der Waals surface area contributed by atoms with Gasteiger partial charge in [0.2, 0.25) is 0 Å². The molecular formula is C5H10N3+. The number of anilines is 1. The zero-order valence-electron chi connectivity index (χ0n) is 5.08. The van der Waals surface area contributed by atoms with Crippen LogP contribution in [0.1, 0.15) is 11.3 Å². The lowest BCUT2D eigenvalue weighted by atomic mass is 10.3. The first-order valence-corrected chi connectivity index (χ1v) is 2.54. The maximum absolute atomic E-state index is 5.45. The highest BCUT2D eigenvalue weighted by Gasteiger charge is 2.03. The average Bonchev–Trinajstić information content (AvgIpc) is 1.98. The summed E-state index contributed by atoms with van der Waals surface area (Å²) in [6.45, 7) is 3.94. The van der Waals surface area contributed by atoms with Crippen LogP contribution in [-0.4, -0.2) is 5.10 Å². The monoisotopic (exact) mass is 112 g/mol. The molecule has 44 valence electrons. The van der Waals surface area contributed by atoms with Crippen molar-refractivity contribution in [2.45, 2.75) is 13.8 Å². The van der Waals surface area contributed by atoms with Gasteiger partial charge in [-0.2, -0.15) is 5.10 Å². The fourth-order valence-corrected chi connectivity index (χ4v) is 0.551. The smallest absolute Gasteiger partial charge is 0.285 e. The third-order valence-electron chi connectivity index (χ3n) is 1.35. The fraction of sp³-hybridized carbons (Fsp3) is 0.400. The number of aromatic amines is 2. The molecule has 0 saturated carbocycles. The quantitative estimate of drug-likeness (QED) is 0.488. The van der Waals surface area contributed by atoms with Crippen LogP contribution in [0, 0.1) is 13.8 Å². The van der Waals surface area contributed by atoms with Crippen molar-refractivity contribution in [3.05, 3.63) is 11.3 Å². The SMILES string of the molecule is Cc1[nH][nH+]c(N)c1C. The summed E-state index contributed by atoms with van der Waals surface area (Å²) in [5.41, 5.74) is 7.66. The third-order valence-corrected chi connectivity index (χ3v) is 1.35. The fourth-order valence-electron chi connectivity index (χ4n) is 0.551. The van der Waals surface area contributed by atoms with Gasteiger partial charge in [-0.3, -0.25) is 5.73 Å². The van der Waals surface area contributed by atoms with E-state index in [0.29, 0.717) is 0 Å². The van der Waals surface area contributed by atoms with E-state index in [4.69, 9.17) is 5.73 Å². The van der Waals surface area contributed by atoms with E-state index < -0.39 is 0 Å². The van der Waals surface area contributed by atoms with Gasteiger partial charge < -0.3 is 0 Å². The van der Waals surface area contributed by atoms with E-state index >= 15 is 0 Å². The van der Waals surface area contributed by atoms with Crippen LogP contribution in [0.25, 0.3) is 0 Å². The van der Waals surface area contributed by atoms with Crippen molar-refractivity contribution < 1.29 is 5.10 Å². The van der Waals surface area contributed by atoms with Gasteiger partial charge >= 0.3 is 0 Å². The topological polar surface area (TPSA) is 56.0 Å². The Morgan fingerprint density at radius 1 is 1.50 bits per heavy atom. The van der Waals surface area contributed by atoms with Crippen LogP contribution < -0.4 is 10.8 Å². The first kappa shape index (κ1) is 5.15. The van der Waals surface area contributed by atoms with Crippen molar-refractivity contribution in [3.63, 3.8) is 0 Å². The van der Waals surface area contributed by atoms with Gasteiger partial charge in [-0.15, -0.1) is 0 Å². The van der Waals surface area contributed by atoms with E-state index in [-0.39, 0.29) is 0 Å². The number of nitrogen functional groups attached to an aromatic ring is 1. The van der Waals surface area contributed by atoms with E-state index in [1.165, 1.54) is 0 Å². The Morgan fingerprint density at radius 2 is 2.12 bits per heavy atom. The Morgan fingerprint density at radius 3 is 2.25 bits per heavy atom. The molecule has 0 aliphatic rings. The largest absolute Gasteiger partial charge is 0.293 e. The Balaban J connectivity index is 3.19. The van der Waals surface area contributed by atoms with E-state index in [0.717, 1.165) is 17.1 Å². The van der Waals surface area contributed by atoms with Gasteiger partial charge in [-0.1, -0.05) is 0 Å². The summed E-state index contributed by atoms with van der Waals surface area (Å²) in [6.07, 6.45) is 0. The maximum atomic E-state index is 5.45. The van der Waals surface area contributed by atoms with Crippen molar-refractivity contribution in [1.82, 2.24) is 5.10 Å². The Hall–Kier alpha value is -0.990. The molecule has 4 N–H and O–H groups in total. The van der Waals surface area contributed by atoms with Gasteiger partial charge in [-0.05, 0) is 13.8 Å². The molecule has 1 aromatic rings. The highest BCUT2D eigenvalue weighted by atomic mass is 15.2. The van der Waals surface area contributed by atoms with Crippen molar-refractivity contribution >= 4 is 5.82 Å². The Labute approximate surface area is 47.9 Å². The summed E-state index contributed by atoms with van der Waals surface area (Å²) < 4.78 is 0. The lowest BCUT2D eigenvalue weighted by molar-refractivity contribution is -0.434. The van der Waals surface area contributed by atoms with Gasteiger partial charge in [0.25, 0.3) is 5.82 Å². The third kappa shape index (κ3) is 0.559. The van der Waals surface area contributed by atoms with E-state index in [1.807, 2.05) is 13.8 Å². The first-order valence-electron chi connectivity index (χ1n) is 2.54. The molecule has 0 aliphatic carbocycles. The second-order valence-corrected chi connectivity index (χ2v) is 1.91. The molecule has 0 saturated heterocycles. The second kappa shape index (κ2) is 1.51. The molecule has 0 unspecified atom stereocenters. The summed E-state index contributed by atoms with van der Waals surface area (Å²) in [5, 5.41) is 5.68. The lowest BCUT2D eigenvalue weighted by Gasteiger charge is -1.78. The van der Waals surface area contributed by atoms with Gasteiger partial charge in [0.15, 0.2) is 0 Å². The van der Waals surface area contributed by atoms with E-state index in [9.17, 15) is 0 Å². The van der Waals surface area contributed by atoms with Crippen LogP contribution in [0.2, 0.25) is 0 Å². The van der Waals surface area contributed by atoms with Gasteiger partial charge in [0.05, 0.1) is 11.3 Å². The van der Waals surface area contributed by atoms with Crippen molar-refractivity contribution in [2.24, 2.45) is 0 Å². The minimum Gasteiger partial charge on any atom is -0.285 e. The molecule has 1 heterocycles. The molecule has 1 rings (SSSR count). The summed E-state index contributed by atoms with van der Waals surface area (Å²) in [7, 11) is 0. The van der Waals surface area contributed by atoms with E-state index in [2.05, 4.69) is 10.2 Å². The Bertz CT molecular complexity index is 170. The van der Waals surface area contributed by atoms with E-state index in [1.54, 1.807) is 0 Å². The molecule has 0 aromatic carbocycles. The van der Waals surface area contributed by atoms with Gasteiger partial charge in [0.1, 0.15) is 0 Å². The summed E-state index contributed by atoms with van der Waals surface area (Å²) >= 11 is 0. The number of aromatic nitrogens is 2. The normalized spacial score (nSPS) is 9.75. The molecular weight excluding hydrogens is 102 g/mol. The molecule has 0 fully saturated rings. The van der Waals surface area contributed by atoms with Crippen LogP contribution in [0.5, 0.6) is 0 Å². The summed E-state index contributed by atoms with van der Waals surface area (Å²) in [5.74, 6) is 0.725. The summed E-state index contributed by atoms with van der Waals surface area (Å²) in [6, 6.07) is 0. The molecule has 0 atom stereocenters. The standard InChI is InChI=1S/C5H9N3/c1-3-4(2)7-8-5(3)6/h1-2H3,(H3,6,7,8)/p+1. The lowest BCUT2D eigenvalue weighted by Crippen LogP contribution is -2.07. The number of hydrogen-bond acceptors (Lipinski definition) is 1. The number of nitrogens with two attached hydrogens (primary N) is 1. The van der Waals surface area contributed by atoms with Crippen LogP contribution in [0.15, 0.2) is 0 Å². The van der Waals surface area contributed by atoms with Crippen LogP contribution in [-0.2, 0) is 0 Å². The predicted molar refractivity (Wildman–Crippen MR) is 31.2 cm³/mol. The number of aryl methyl sites for hydroxylation is 1. The van der Waals surface area contributed by atoms with Crippen molar-refractivity contribution in [2.75, 3.05) is 5.73 Å². The molecule has 3 nitrogen and oxygen atoms in total. The Kier molecular flexibility index (Phi) is 0.970. The number of hydrogen-bond donors (Lipinski definition) is 2. The molecule has 0 radical (unpaired) electrons. The molecule has 0 amide bonds. The zero-order chi connectivity index (χ0) is 6.15. The average molecular weight is 112 g/mol. The molecule has 0 spiro atoms. The molecule has 8 heavy (non-hydrogen) atoms. The molecule has 1 aromatic heterocycles. The van der Waals surface area contributed by atoms with Gasteiger partial charge in [-0.25, -0.2) is 5.10 Å². The highest BCUT2D eigenvalue weighted by Crippen LogP contribution is 2.04. The minimum atomic E-state index is 0.725. The molecule has 3 heteroatoms. The molecule has 0 bridgehead atoms.